The van der Waals surface area contributed by atoms with Crippen molar-refractivity contribution in [2.24, 2.45) is 0 Å². The van der Waals surface area contributed by atoms with Gasteiger partial charge in [-0.3, -0.25) is 4.79 Å². The standard InChI is InChI=1S/C17H14BrNOS/c1-2-11-7-8-21-16(11)17(20)19-15-6-4-12-9-14(18)5-3-13(12)10-15/h3-10H,2H2,1H3,(H,19,20). The van der Waals surface area contributed by atoms with E-state index in [0.29, 0.717) is 0 Å². The SMILES string of the molecule is CCc1ccsc1C(=O)Nc1ccc2cc(Br)ccc2c1. The van der Waals surface area contributed by atoms with Crippen molar-refractivity contribution in [3.05, 3.63) is 62.8 Å². The number of benzene rings is 2. The van der Waals surface area contributed by atoms with Gasteiger partial charge >= 0.3 is 0 Å². The molecule has 2 aromatic carbocycles. The van der Waals surface area contributed by atoms with Gasteiger partial charge in [0.05, 0.1) is 4.88 Å². The third kappa shape index (κ3) is 3.01. The van der Waals surface area contributed by atoms with E-state index in [2.05, 4.69) is 34.2 Å². The van der Waals surface area contributed by atoms with Gasteiger partial charge in [0.2, 0.25) is 0 Å². The first-order valence-electron chi connectivity index (χ1n) is 6.74. The van der Waals surface area contributed by atoms with Gasteiger partial charge in [-0.05, 0) is 58.5 Å². The number of fused-ring (bicyclic) bond motifs is 1. The first-order valence-corrected chi connectivity index (χ1v) is 8.41. The fourth-order valence-electron chi connectivity index (χ4n) is 2.30. The minimum atomic E-state index is -0.0293. The van der Waals surface area contributed by atoms with E-state index in [1.807, 2.05) is 41.8 Å². The number of hydrogen-bond donors (Lipinski definition) is 1. The van der Waals surface area contributed by atoms with Crippen molar-refractivity contribution in [1.29, 1.82) is 0 Å². The van der Waals surface area contributed by atoms with Crippen LogP contribution in [0.25, 0.3) is 10.8 Å². The number of rotatable bonds is 3. The lowest BCUT2D eigenvalue weighted by atomic mass is 10.1. The Kier molecular flexibility index (Phi) is 4.08. The highest BCUT2D eigenvalue weighted by molar-refractivity contribution is 9.10. The van der Waals surface area contributed by atoms with Crippen LogP contribution in [0.1, 0.15) is 22.2 Å². The van der Waals surface area contributed by atoms with Gasteiger partial charge in [0.25, 0.3) is 5.91 Å². The second-order valence-corrected chi connectivity index (χ2v) is 6.62. The molecule has 1 N–H and O–H groups in total. The van der Waals surface area contributed by atoms with Crippen LogP contribution in [0.2, 0.25) is 0 Å². The van der Waals surface area contributed by atoms with Crippen LogP contribution in [0.15, 0.2) is 52.3 Å². The van der Waals surface area contributed by atoms with Crippen LogP contribution in [0.4, 0.5) is 5.69 Å². The Labute approximate surface area is 135 Å². The Bertz CT molecular complexity index is 809. The van der Waals surface area contributed by atoms with Gasteiger partial charge in [0.1, 0.15) is 0 Å². The lowest BCUT2D eigenvalue weighted by Crippen LogP contribution is -2.11. The van der Waals surface area contributed by atoms with E-state index in [-0.39, 0.29) is 5.91 Å². The number of hydrogen-bond acceptors (Lipinski definition) is 2. The molecule has 0 bridgehead atoms. The van der Waals surface area contributed by atoms with Crippen molar-refractivity contribution in [2.75, 3.05) is 5.32 Å². The van der Waals surface area contributed by atoms with Crippen molar-refractivity contribution in [1.82, 2.24) is 0 Å². The second-order valence-electron chi connectivity index (χ2n) is 4.79. The first-order chi connectivity index (χ1) is 10.2. The van der Waals surface area contributed by atoms with Crippen LogP contribution >= 0.6 is 27.3 Å². The number of thiophene rings is 1. The summed E-state index contributed by atoms with van der Waals surface area (Å²) < 4.78 is 1.05. The molecule has 1 heterocycles. The fourth-order valence-corrected chi connectivity index (χ4v) is 3.56. The maximum absolute atomic E-state index is 12.3. The molecule has 0 fully saturated rings. The molecular formula is C17H14BrNOS. The Balaban J connectivity index is 1.88. The van der Waals surface area contributed by atoms with Crippen LogP contribution in [-0.2, 0) is 6.42 Å². The molecule has 0 spiro atoms. The molecule has 1 amide bonds. The number of carbonyl (C=O) groups is 1. The van der Waals surface area contributed by atoms with Crippen LogP contribution in [0.5, 0.6) is 0 Å². The quantitative estimate of drug-likeness (QED) is 0.659. The molecule has 21 heavy (non-hydrogen) atoms. The molecule has 0 atom stereocenters. The molecule has 0 aliphatic carbocycles. The molecule has 0 saturated carbocycles. The predicted octanol–water partition coefficient (Wildman–Crippen LogP) is 5.48. The largest absolute Gasteiger partial charge is 0.321 e. The average molecular weight is 360 g/mol. The lowest BCUT2D eigenvalue weighted by molar-refractivity contribution is 0.103. The summed E-state index contributed by atoms with van der Waals surface area (Å²) in [6, 6.07) is 14.1. The second kappa shape index (κ2) is 6.00. The first kappa shape index (κ1) is 14.3. The molecule has 0 radical (unpaired) electrons. The van der Waals surface area contributed by atoms with Crippen molar-refractivity contribution in [2.45, 2.75) is 13.3 Å². The normalized spacial score (nSPS) is 10.8. The Morgan fingerprint density at radius 1 is 1.14 bits per heavy atom. The molecule has 0 aliphatic heterocycles. The van der Waals surface area contributed by atoms with E-state index < -0.39 is 0 Å². The summed E-state index contributed by atoms with van der Waals surface area (Å²) in [5.74, 6) is -0.0293. The summed E-state index contributed by atoms with van der Waals surface area (Å²) in [6.45, 7) is 2.06. The summed E-state index contributed by atoms with van der Waals surface area (Å²) in [5.41, 5.74) is 1.92. The van der Waals surface area contributed by atoms with E-state index in [0.717, 1.165) is 37.8 Å². The highest BCUT2D eigenvalue weighted by Gasteiger charge is 2.12. The summed E-state index contributed by atoms with van der Waals surface area (Å²) >= 11 is 4.95. The summed E-state index contributed by atoms with van der Waals surface area (Å²) in [4.78, 5) is 13.1. The van der Waals surface area contributed by atoms with Crippen molar-refractivity contribution in [3.63, 3.8) is 0 Å². The molecule has 0 saturated heterocycles. The molecule has 1 aromatic heterocycles. The van der Waals surface area contributed by atoms with Crippen LogP contribution < -0.4 is 5.32 Å². The molecule has 106 valence electrons. The predicted molar refractivity (Wildman–Crippen MR) is 93.3 cm³/mol. The van der Waals surface area contributed by atoms with E-state index >= 15 is 0 Å². The van der Waals surface area contributed by atoms with Crippen LogP contribution in [0, 0.1) is 0 Å². The number of aryl methyl sites for hydroxylation is 1. The number of anilines is 1. The smallest absolute Gasteiger partial charge is 0.266 e. The monoisotopic (exact) mass is 359 g/mol. The fraction of sp³-hybridized carbons (Fsp3) is 0.118. The molecule has 0 aliphatic rings. The van der Waals surface area contributed by atoms with Gasteiger partial charge in [-0.2, -0.15) is 0 Å². The number of amides is 1. The van der Waals surface area contributed by atoms with E-state index in [9.17, 15) is 4.79 Å². The zero-order valence-corrected chi connectivity index (χ0v) is 13.9. The highest BCUT2D eigenvalue weighted by atomic mass is 79.9. The van der Waals surface area contributed by atoms with Gasteiger partial charge in [-0.15, -0.1) is 11.3 Å². The van der Waals surface area contributed by atoms with E-state index in [4.69, 9.17) is 0 Å². The van der Waals surface area contributed by atoms with Crippen molar-refractivity contribution >= 4 is 49.6 Å². The Morgan fingerprint density at radius 3 is 2.71 bits per heavy atom. The Morgan fingerprint density at radius 2 is 1.90 bits per heavy atom. The zero-order chi connectivity index (χ0) is 14.8. The third-order valence-electron chi connectivity index (χ3n) is 3.39. The number of carbonyl (C=O) groups excluding carboxylic acids is 1. The number of nitrogens with one attached hydrogen (secondary N) is 1. The van der Waals surface area contributed by atoms with Gasteiger partial charge < -0.3 is 5.32 Å². The molecule has 2 nitrogen and oxygen atoms in total. The van der Waals surface area contributed by atoms with Crippen molar-refractivity contribution < 1.29 is 4.79 Å². The molecular weight excluding hydrogens is 346 g/mol. The topological polar surface area (TPSA) is 29.1 Å². The van der Waals surface area contributed by atoms with Crippen LogP contribution in [-0.4, -0.2) is 5.91 Å². The van der Waals surface area contributed by atoms with Crippen LogP contribution in [0.3, 0.4) is 0 Å². The summed E-state index contributed by atoms with van der Waals surface area (Å²) in [6.07, 6.45) is 0.873. The lowest BCUT2D eigenvalue weighted by Gasteiger charge is -2.07. The molecule has 4 heteroatoms. The maximum atomic E-state index is 12.3. The summed E-state index contributed by atoms with van der Waals surface area (Å²) in [7, 11) is 0. The van der Waals surface area contributed by atoms with E-state index in [1.165, 1.54) is 11.3 Å². The van der Waals surface area contributed by atoms with Crippen molar-refractivity contribution in [3.8, 4) is 0 Å². The maximum Gasteiger partial charge on any atom is 0.266 e. The van der Waals surface area contributed by atoms with Gasteiger partial charge in [0.15, 0.2) is 0 Å². The number of halogens is 1. The average Bonchev–Trinajstić information content (AvgIpc) is 2.96. The van der Waals surface area contributed by atoms with E-state index in [1.54, 1.807) is 0 Å². The molecule has 0 unspecified atom stereocenters. The van der Waals surface area contributed by atoms with Gasteiger partial charge in [-0.1, -0.05) is 35.0 Å². The molecule has 3 rings (SSSR count). The minimum Gasteiger partial charge on any atom is -0.321 e. The Hall–Kier alpha value is -1.65. The van der Waals surface area contributed by atoms with Gasteiger partial charge in [-0.25, -0.2) is 0 Å². The van der Waals surface area contributed by atoms with Gasteiger partial charge in [0, 0.05) is 10.2 Å². The summed E-state index contributed by atoms with van der Waals surface area (Å²) in [5, 5.41) is 7.20. The zero-order valence-electron chi connectivity index (χ0n) is 11.5. The highest BCUT2D eigenvalue weighted by Crippen LogP contribution is 2.24. The molecule has 3 aromatic rings. The minimum absolute atomic E-state index is 0.0293. The third-order valence-corrected chi connectivity index (χ3v) is 4.84.